The van der Waals surface area contributed by atoms with Gasteiger partial charge < -0.3 is 0 Å². The van der Waals surface area contributed by atoms with E-state index in [1.54, 1.807) is 0 Å². The summed E-state index contributed by atoms with van der Waals surface area (Å²) in [6.07, 6.45) is 0.335. The molecule has 1 atom stereocenters. The topological polar surface area (TPSA) is 12.0 Å². The molecule has 0 bridgehead atoms. The van der Waals surface area contributed by atoms with Crippen molar-refractivity contribution in [1.82, 2.24) is 5.32 Å². The predicted octanol–water partition coefficient (Wildman–Crippen LogP) is 4.51. The van der Waals surface area contributed by atoms with E-state index in [4.69, 9.17) is 0 Å². The van der Waals surface area contributed by atoms with Gasteiger partial charge in [-0.1, -0.05) is 91.0 Å². The lowest BCUT2D eigenvalue weighted by atomic mass is 10.1. The summed E-state index contributed by atoms with van der Waals surface area (Å²) in [5.41, 5.74) is 4.19. The van der Waals surface area contributed by atoms with Gasteiger partial charge >= 0.3 is 0 Å². The Balaban J connectivity index is 1.72. The van der Waals surface area contributed by atoms with E-state index in [-0.39, 0.29) is 0 Å². The Bertz CT molecular complexity index is 743. The quantitative estimate of drug-likeness (QED) is 0.679. The lowest BCUT2D eigenvalue weighted by Gasteiger charge is -2.40. The smallest absolute Gasteiger partial charge is 0.170 e. The van der Waals surface area contributed by atoms with E-state index in [0.29, 0.717) is 6.17 Å². The molecule has 1 fully saturated rings. The monoisotopic (exact) mass is 329 g/mol. The number of rotatable bonds is 5. The van der Waals surface area contributed by atoms with Crippen molar-refractivity contribution in [2.24, 2.45) is 0 Å². The molecule has 1 N–H and O–H groups in total. The Kier molecular flexibility index (Phi) is 4.64. The molecule has 25 heavy (non-hydrogen) atoms. The number of nitrogens with zero attached hydrogens (tertiary/aromatic N) is 1. The molecule has 0 radical (unpaired) electrons. The summed E-state index contributed by atoms with van der Waals surface area (Å²) in [7, 11) is 0. The van der Waals surface area contributed by atoms with Crippen molar-refractivity contribution in [1.29, 1.82) is 0 Å². The summed E-state index contributed by atoms with van der Waals surface area (Å²) >= 11 is 0. The number of hydrogen-bond donors (Lipinski definition) is 1. The van der Waals surface area contributed by atoms with E-state index in [0.717, 1.165) is 30.7 Å². The van der Waals surface area contributed by atoms with Crippen LogP contribution in [0.2, 0.25) is 0 Å². The summed E-state index contributed by atoms with van der Waals surface area (Å²) < 4.78 is 1.03. The molecule has 2 nitrogen and oxygen atoms in total. The van der Waals surface area contributed by atoms with E-state index in [1.807, 2.05) is 0 Å². The average Bonchev–Trinajstić information content (AvgIpc) is 3.07. The zero-order valence-electron chi connectivity index (χ0n) is 14.5. The van der Waals surface area contributed by atoms with Crippen LogP contribution in [-0.2, 0) is 13.1 Å². The standard InChI is InChI=1S/C23H25N2/c1-4-10-20(11-5-1)18-25(19-21-12-6-2-7-13-21)17-16-24-23(25)22-14-8-3-9-15-22/h1-15,23-24H,16-19H2/q+1. The highest BCUT2D eigenvalue weighted by atomic mass is 15.5. The van der Waals surface area contributed by atoms with Gasteiger partial charge in [-0.2, -0.15) is 0 Å². The van der Waals surface area contributed by atoms with E-state index in [9.17, 15) is 0 Å². The second kappa shape index (κ2) is 7.22. The predicted molar refractivity (Wildman–Crippen MR) is 103 cm³/mol. The summed E-state index contributed by atoms with van der Waals surface area (Å²) in [6, 6.07) is 32.7. The molecule has 0 saturated carbocycles. The van der Waals surface area contributed by atoms with Gasteiger partial charge in [-0.05, 0) is 0 Å². The Morgan fingerprint density at radius 2 is 1.16 bits per heavy atom. The van der Waals surface area contributed by atoms with Crippen LogP contribution in [0.5, 0.6) is 0 Å². The van der Waals surface area contributed by atoms with E-state index in [2.05, 4.69) is 96.3 Å². The zero-order valence-corrected chi connectivity index (χ0v) is 14.5. The maximum Gasteiger partial charge on any atom is 0.170 e. The van der Waals surface area contributed by atoms with Gasteiger partial charge in [0.05, 0.1) is 13.1 Å². The largest absolute Gasteiger partial charge is 0.296 e. The molecule has 3 aromatic carbocycles. The van der Waals surface area contributed by atoms with Crippen LogP contribution in [0.15, 0.2) is 91.0 Å². The maximum atomic E-state index is 3.78. The summed E-state index contributed by atoms with van der Waals surface area (Å²) in [5, 5.41) is 3.78. The first-order valence-corrected chi connectivity index (χ1v) is 9.08. The van der Waals surface area contributed by atoms with Crippen molar-refractivity contribution < 1.29 is 4.48 Å². The van der Waals surface area contributed by atoms with Gasteiger partial charge in [0.1, 0.15) is 13.1 Å². The number of nitrogens with one attached hydrogen (secondary N) is 1. The Labute approximate surface area is 150 Å². The van der Waals surface area contributed by atoms with Gasteiger partial charge in [0.25, 0.3) is 0 Å². The van der Waals surface area contributed by atoms with Gasteiger partial charge in [-0.25, -0.2) is 0 Å². The molecule has 0 aromatic heterocycles. The summed E-state index contributed by atoms with van der Waals surface area (Å²) in [6.45, 7) is 4.28. The van der Waals surface area contributed by atoms with Crippen LogP contribution in [0.1, 0.15) is 22.9 Å². The molecule has 1 aliphatic rings. The molecular weight excluding hydrogens is 304 g/mol. The fourth-order valence-electron chi connectivity index (χ4n) is 4.11. The number of benzene rings is 3. The van der Waals surface area contributed by atoms with Gasteiger partial charge in [0.2, 0.25) is 0 Å². The van der Waals surface area contributed by atoms with Crippen molar-refractivity contribution >= 4 is 0 Å². The second-order valence-corrected chi connectivity index (χ2v) is 7.00. The molecule has 1 aliphatic heterocycles. The number of quaternary nitrogens is 1. The Hall–Kier alpha value is -2.42. The highest BCUT2D eigenvalue weighted by molar-refractivity contribution is 5.20. The van der Waals surface area contributed by atoms with Crippen LogP contribution < -0.4 is 5.32 Å². The van der Waals surface area contributed by atoms with Crippen LogP contribution in [0, 0.1) is 0 Å². The first-order chi connectivity index (χ1) is 12.4. The van der Waals surface area contributed by atoms with Crippen molar-refractivity contribution in [3.63, 3.8) is 0 Å². The molecule has 0 spiro atoms. The molecule has 1 saturated heterocycles. The first-order valence-electron chi connectivity index (χ1n) is 9.08. The van der Waals surface area contributed by atoms with Crippen molar-refractivity contribution in [2.75, 3.05) is 13.1 Å². The van der Waals surface area contributed by atoms with E-state index >= 15 is 0 Å². The molecule has 0 amide bonds. The lowest BCUT2D eigenvalue weighted by Crippen LogP contribution is -2.47. The summed E-state index contributed by atoms with van der Waals surface area (Å²) in [5.74, 6) is 0. The lowest BCUT2D eigenvalue weighted by molar-refractivity contribution is -0.971. The van der Waals surface area contributed by atoms with Crippen LogP contribution in [0.4, 0.5) is 0 Å². The van der Waals surface area contributed by atoms with Crippen LogP contribution >= 0.6 is 0 Å². The van der Waals surface area contributed by atoms with Crippen LogP contribution in [0.25, 0.3) is 0 Å². The third-order valence-corrected chi connectivity index (χ3v) is 5.24. The molecule has 126 valence electrons. The number of hydrogen-bond acceptors (Lipinski definition) is 1. The van der Waals surface area contributed by atoms with E-state index < -0.39 is 0 Å². The Morgan fingerprint density at radius 1 is 0.680 bits per heavy atom. The van der Waals surface area contributed by atoms with Crippen LogP contribution in [-0.4, -0.2) is 17.6 Å². The zero-order chi connectivity index (χ0) is 17.0. The summed E-state index contributed by atoms with van der Waals surface area (Å²) in [4.78, 5) is 0. The third-order valence-electron chi connectivity index (χ3n) is 5.24. The normalized spacial score (nSPS) is 19.0. The van der Waals surface area contributed by atoms with Crippen molar-refractivity contribution in [3.05, 3.63) is 108 Å². The molecule has 1 unspecified atom stereocenters. The van der Waals surface area contributed by atoms with Gasteiger partial charge in [0.15, 0.2) is 6.17 Å². The molecule has 1 heterocycles. The SMILES string of the molecule is c1ccc(C[N+]2(Cc3ccccc3)CCNC2c2ccccc2)cc1. The van der Waals surface area contributed by atoms with Crippen LogP contribution in [0.3, 0.4) is 0 Å². The molecule has 2 heteroatoms. The molecule has 3 aromatic rings. The molecule has 0 aliphatic carbocycles. The third kappa shape index (κ3) is 3.51. The highest BCUT2D eigenvalue weighted by Crippen LogP contribution is 2.35. The van der Waals surface area contributed by atoms with Gasteiger partial charge in [-0.15, -0.1) is 0 Å². The molecular formula is C23H25N2+. The first kappa shape index (κ1) is 16.1. The fourth-order valence-corrected chi connectivity index (χ4v) is 4.11. The van der Waals surface area contributed by atoms with Crippen molar-refractivity contribution in [2.45, 2.75) is 19.3 Å². The van der Waals surface area contributed by atoms with Crippen molar-refractivity contribution in [3.8, 4) is 0 Å². The van der Waals surface area contributed by atoms with E-state index in [1.165, 1.54) is 16.7 Å². The van der Waals surface area contributed by atoms with Gasteiger partial charge in [0, 0.05) is 16.7 Å². The highest BCUT2D eigenvalue weighted by Gasteiger charge is 2.42. The average molecular weight is 329 g/mol. The fraction of sp³-hybridized carbons (Fsp3) is 0.217. The molecule has 4 rings (SSSR count). The maximum absolute atomic E-state index is 3.78. The minimum Gasteiger partial charge on any atom is -0.296 e. The second-order valence-electron chi connectivity index (χ2n) is 7.00. The minimum absolute atomic E-state index is 0.335. The van der Waals surface area contributed by atoms with Gasteiger partial charge in [-0.3, -0.25) is 9.80 Å². The minimum atomic E-state index is 0.335. The Morgan fingerprint density at radius 3 is 1.68 bits per heavy atom.